The van der Waals surface area contributed by atoms with Gasteiger partial charge in [-0.05, 0) is 55.2 Å². The number of para-hydroxylation sites is 1. The van der Waals surface area contributed by atoms with Gasteiger partial charge in [-0.1, -0.05) is 30.7 Å². The molecule has 21 heavy (non-hydrogen) atoms. The zero-order chi connectivity index (χ0) is 15.4. The van der Waals surface area contributed by atoms with Crippen LogP contribution in [0, 0.1) is 12.7 Å². The quantitative estimate of drug-likeness (QED) is 0.856. The Bertz CT molecular complexity index is 630. The molecule has 2 aromatic carbocycles. The molecule has 1 atom stereocenters. The Morgan fingerprint density at radius 3 is 2.71 bits per heavy atom. The van der Waals surface area contributed by atoms with Crippen LogP contribution >= 0.6 is 11.6 Å². The number of ether oxygens (including phenoxy) is 1. The zero-order valence-electron chi connectivity index (χ0n) is 12.2. The molecule has 0 aliphatic rings. The van der Waals surface area contributed by atoms with Crippen molar-refractivity contribution in [2.24, 2.45) is 5.73 Å². The van der Waals surface area contributed by atoms with Gasteiger partial charge in [0, 0.05) is 6.04 Å². The highest BCUT2D eigenvalue weighted by molar-refractivity contribution is 6.32. The summed E-state index contributed by atoms with van der Waals surface area (Å²) in [5, 5.41) is 0.527. The molecule has 4 heteroatoms. The highest BCUT2D eigenvalue weighted by atomic mass is 35.5. The summed E-state index contributed by atoms with van der Waals surface area (Å²) in [4.78, 5) is 0. The molecule has 0 saturated carbocycles. The predicted octanol–water partition coefficient (Wildman–Crippen LogP) is 4.86. The molecule has 0 amide bonds. The molecule has 0 fully saturated rings. The van der Waals surface area contributed by atoms with Gasteiger partial charge in [-0.2, -0.15) is 0 Å². The van der Waals surface area contributed by atoms with Crippen molar-refractivity contribution in [1.82, 2.24) is 0 Å². The van der Waals surface area contributed by atoms with Crippen molar-refractivity contribution in [1.29, 1.82) is 0 Å². The molecule has 0 bridgehead atoms. The van der Waals surface area contributed by atoms with E-state index in [2.05, 4.69) is 0 Å². The third-order valence-electron chi connectivity index (χ3n) is 3.40. The van der Waals surface area contributed by atoms with E-state index in [1.165, 1.54) is 12.1 Å². The van der Waals surface area contributed by atoms with Crippen LogP contribution in [0.15, 0.2) is 36.4 Å². The normalized spacial score (nSPS) is 12.2. The standard InChI is InChI=1S/C17H19ClFNO/c1-3-14(20)10-12-5-4-6-15(18)17(12)21-16-8-7-13(19)9-11(16)2/h4-9,14H,3,10,20H2,1-2H3. The highest BCUT2D eigenvalue weighted by Gasteiger charge is 2.13. The van der Waals surface area contributed by atoms with Gasteiger partial charge >= 0.3 is 0 Å². The van der Waals surface area contributed by atoms with Crippen LogP contribution in [0.25, 0.3) is 0 Å². The summed E-state index contributed by atoms with van der Waals surface area (Å²) in [6.45, 7) is 3.84. The highest BCUT2D eigenvalue weighted by Crippen LogP contribution is 2.35. The van der Waals surface area contributed by atoms with E-state index in [9.17, 15) is 4.39 Å². The van der Waals surface area contributed by atoms with Crippen LogP contribution in [0.3, 0.4) is 0 Å². The third kappa shape index (κ3) is 3.96. The fourth-order valence-corrected chi connectivity index (χ4v) is 2.33. The fourth-order valence-electron chi connectivity index (χ4n) is 2.09. The SMILES string of the molecule is CCC(N)Cc1cccc(Cl)c1Oc1ccc(F)cc1C. The summed E-state index contributed by atoms with van der Waals surface area (Å²) in [5.41, 5.74) is 7.70. The lowest BCUT2D eigenvalue weighted by atomic mass is 10.0. The van der Waals surface area contributed by atoms with Gasteiger partial charge in [-0.15, -0.1) is 0 Å². The van der Waals surface area contributed by atoms with Gasteiger partial charge in [0.25, 0.3) is 0 Å². The number of halogens is 2. The van der Waals surface area contributed by atoms with Crippen molar-refractivity contribution in [3.05, 3.63) is 58.4 Å². The smallest absolute Gasteiger partial charge is 0.149 e. The lowest BCUT2D eigenvalue weighted by Crippen LogP contribution is -2.21. The van der Waals surface area contributed by atoms with Crippen LogP contribution in [-0.4, -0.2) is 6.04 Å². The molecule has 0 spiro atoms. The summed E-state index contributed by atoms with van der Waals surface area (Å²) >= 11 is 6.25. The van der Waals surface area contributed by atoms with Crippen LogP contribution in [0.1, 0.15) is 24.5 Å². The molecule has 0 radical (unpaired) electrons. The predicted molar refractivity (Wildman–Crippen MR) is 84.6 cm³/mol. The molecule has 2 rings (SSSR count). The van der Waals surface area contributed by atoms with Crippen molar-refractivity contribution < 1.29 is 9.13 Å². The first-order valence-electron chi connectivity index (χ1n) is 6.98. The van der Waals surface area contributed by atoms with Gasteiger partial charge in [0.1, 0.15) is 17.3 Å². The van der Waals surface area contributed by atoms with E-state index in [4.69, 9.17) is 22.1 Å². The van der Waals surface area contributed by atoms with E-state index >= 15 is 0 Å². The van der Waals surface area contributed by atoms with Gasteiger partial charge in [0.2, 0.25) is 0 Å². The average molecular weight is 308 g/mol. The van der Waals surface area contributed by atoms with Crippen LogP contribution in [0.2, 0.25) is 5.02 Å². The average Bonchev–Trinajstić information content (AvgIpc) is 2.44. The Morgan fingerprint density at radius 1 is 1.29 bits per heavy atom. The Labute approximate surface area is 129 Å². The number of hydrogen-bond acceptors (Lipinski definition) is 2. The Balaban J connectivity index is 2.34. The molecule has 112 valence electrons. The van der Waals surface area contributed by atoms with Crippen molar-refractivity contribution in [3.8, 4) is 11.5 Å². The maximum absolute atomic E-state index is 13.2. The van der Waals surface area contributed by atoms with Gasteiger partial charge in [0.05, 0.1) is 5.02 Å². The second-order valence-corrected chi connectivity index (χ2v) is 5.52. The van der Waals surface area contributed by atoms with E-state index in [1.807, 2.05) is 19.1 Å². The van der Waals surface area contributed by atoms with Gasteiger partial charge < -0.3 is 10.5 Å². The zero-order valence-corrected chi connectivity index (χ0v) is 13.0. The summed E-state index contributed by atoms with van der Waals surface area (Å²) in [6, 6.07) is 10.1. The Hall–Kier alpha value is -1.58. The van der Waals surface area contributed by atoms with Crippen LogP contribution in [0.5, 0.6) is 11.5 Å². The first kappa shape index (κ1) is 15.8. The lowest BCUT2D eigenvalue weighted by molar-refractivity contribution is 0.467. The molecular formula is C17H19ClFNO. The molecule has 2 N–H and O–H groups in total. The second-order valence-electron chi connectivity index (χ2n) is 5.11. The van der Waals surface area contributed by atoms with Gasteiger partial charge in [-0.3, -0.25) is 0 Å². The van der Waals surface area contributed by atoms with Gasteiger partial charge in [-0.25, -0.2) is 4.39 Å². The maximum Gasteiger partial charge on any atom is 0.149 e. The molecule has 0 aliphatic heterocycles. The van der Waals surface area contributed by atoms with E-state index in [-0.39, 0.29) is 11.9 Å². The largest absolute Gasteiger partial charge is 0.455 e. The number of benzene rings is 2. The minimum absolute atomic E-state index is 0.0557. The van der Waals surface area contributed by atoms with E-state index < -0.39 is 0 Å². The van der Waals surface area contributed by atoms with Crippen molar-refractivity contribution >= 4 is 11.6 Å². The molecule has 0 saturated heterocycles. The fraction of sp³-hybridized carbons (Fsp3) is 0.294. The van der Waals surface area contributed by atoms with E-state index in [0.717, 1.165) is 17.5 Å². The van der Waals surface area contributed by atoms with E-state index in [0.29, 0.717) is 22.9 Å². The summed E-state index contributed by atoms with van der Waals surface area (Å²) in [5.74, 6) is 0.904. The number of aryl methyl sites for hydroxylation is 1. The van der Waals surface area contributed by atoms with E-state index in [1.54, 1.807) is 19.1 Å². The summed E-state index contributed by atoms with van der Waals surface area (Å²) in [6.07, 6.45) is 1.56. The van der Waals surface area contributed by atoms with Crippen molar-refractivity contribution in [2.45, 2.75) is 32.7 Å². The molecule has 0 heterocycles. The molecular weight excluding hydrogens is 289 g/mol. The van der Waals surface area contributed by atoms with Crippen molar-refractivity contribution in [2.75, 3.05) is 0 Å². The van der Waals surface area contributed by atoms with Crippen LogP contribution < -0.4 is 10.5 Å². The topological polar surface area (TPSA) is 35.2 Å². The van der Waals surface area contributed by atoms with Crippen molar-refractivity contribution in [3.63, 3.8) is 0 Å². The number of hydrogen-bond donors (Lipinski definition) is 1. The lowest BCUT2D eigenvalue weighted by Gasteiger charge is -2.16. The monoisotopic (exact) mass is 307 g/mol. The number of rotatable bonds is 5. The first-order valence-corrected chi connectivity index (χ1v) is 7.36. The first-order chi connectivity index (χ1) is 10.0. The minimum Gasteiger partial charge on any atom is -0.455 e. The van der Waals surface area contributed by atoms with Crippen LogP contribution in [0.4, 0.5) is 4.39 Å². The molecule has 2 nitrogen and oxygen atoms in total. The third-order valence-corrected chi connectivity index (χ3v) is 3.70. The Kier molecular flexibility index (Phi) is 5.21. The van der Waals surface area contributed by atoms with Gasteiger partial charge in [0.15, 0.2) is 0 Å². The molecule has 0 aromatic heterocycles. The summed E-state index contributed by atoms with van der Waals surface area (Å²) < 4.78 is 19.1. The molecule has 0 aliphatic carbocycles. The minimum atomic E-state index is -0.285. The Morgan fingerprint density at radius 2 is 2.05 bits per heavy atom. The number of nitrogens with two attached hydrogens (primary N) is 1. The second kappa shape index (κ2) is 6.92. The molecule has 2 aromatic rings. The maximum atomic E-state index is 13.2. The van der Waals surface area contributed by atoms with Crippen LogP contribution in [-0.2, 0) is 6.42 Å². The summed E-state index contributed by atoms with van der Waals surface area (Å²) in [7, 11) is 0. The molecule has 1 unspecified atom stereocenters.